The molecule has 0 aromatic carbocycles. The molecule has 1 aromatic rings. The zero-order valence-corrected chi connectivity index (χ0v) is 16.2. The molecule has 0 unspecified atom stereocenters. The summed E-state index contributed by atoms with van der Waals surface area (Å²) in [6.45, 7) is 1.25. The summed E-state index contributed by atoms with van der Waals surface area (Å²) in [6, 6.07) is 3.37. The van der Waals surface area contributed by atoms with Crippen molar-refractivity contribution in [2.75, 3.05) is 25.9 Å². The van der Waals surface area contributed by atoms with Crippen molar-refractivity contribution in [1.29, 1.82) is 0 Å². The van der Waals surface area contributed by atoms with E-state index in [1.54, 1.807) is 22.6 Å². The molecule has 148 valence electrons. The number of piperidine rings is 3. The fourth-order valence-electron chi connectivity index (χ4n) is 5.03. The van der Waals surface area contributed by atoms with E-state index in [0.717, 1.165) is 19.3 Å². The van der Waals surface area contributed by atoms with Gasteiger partial charge in [0.15, 0.2) is 0 Å². The number of nitrogens with zero attached hydrogens (tertiary/aromatic N) is 2. The van der Waals surface area contributed by atoms with Crippen molar-refractivity contribution < 1.29 is 18.0 Å². The molecule has 4 heterocycles. The van der Waals surface area contributed by atoms with Crippen molar-refractivity contribution in [1.82, 2.24) is 19.5 Å². The summed E-state index contributed by atoms with van der Waals surface area (Å²) in [5, 5.41) is 2.93. The lowest BCUT2D eigenvalue weighted by molar-refractivity contribution is -0.150. The number of amides is 2. The summed E-state index contributed by atoms with van der Waals surface area (Å²) in [5.41, 5.74) is 0.478. The highest BCUT2D eigenvalue weighted by molar-refractivity contribution is 7.88. The zero-order valence-electron chi connectivity index (χ0n) is 15.4. The van der Waals surface area contributed by atoms with Crippen molar-refractivity contribution in [3.63, 3.8) is 0 Å². The molecule has 3 aliphatic heterocycles. The van der Waals surface area contributed by atoms with Crippen LogP contribution < -0.4 is 5.32 Å². The molecule has 0 spiro atoms. The number of fused-ring (bicyclic) bond motifs is 4. The number of nitrogens with one attached hydrogen (secondary N) is 2. The summed E-state index contributed by atoms with van der Waals surface area (Å²) < 4.78 is 25.8. The summed E-state index contributed by atoms with van der Waals surface area (Å²) >= 11 is 0. The Morgan fingerprint density at radius 2 is 2.11 bits per heavy atom. The number of carbonyl (C=O) groups is 2. The standard InChI is InChI=1S/C18H26N4O4S/c1-27(25,26)21-10-12-8-13(11-21)16(22-15(12)5-2-6-17(22)23)9-20-18(24)14-4-3-7-19-14/h3-4,7,12-13,15-16,19H,2,5-6,8-11H2,1H3,(H,20,24)/t12-,13+,15+,16+/m1/s1. The largest absolute Gasteiger partial charge is 0.357 e. The van der Waals surface area contributed by atoms with Gasteiger partial charge in [-0.3, -0.25) is 9.59 Å². The highest BCUT2D eigenvalue weighted by Gasteiger charge is 2.50. The quantitative estimate of drug-likeness (QED) is 0.772. The van der Waals surface area contributed by atoms with Crippen LogP contribution in [0.2, 0.25) is 0 Å². The summed E-state index contributed by atoms with van der Waals surface area (Å²) in [6.07, 6.45) is 6.13. The lowest BCUT2D eigenvalue weighted by Gasteiger charge is -2.56. The minimum absolute atomic E-state index is 0.0423. The van der Waals surface area contributed by atoms with Crippen LogP contribution in [-0.4, -0.2) is 72.4 Å². The van der Waals surface area contributed by atoms with Gasteiger partial charge in [-0.1, -0.05) is 0 Å². The average molecular weight is 394 g/mol. The van der Waals surface area contributed by atoms with E-state index in [9.17, 15) is 18.0 Å². The Kier molecular flexibility index (Phi) is 4.75. The third kappa shape index (κ3) is 3.50. The highest BCUT2D eigenvalue weighted by Crippen LogP contribution is 2.41. The number of sulfonamides is 1. The van der Waals surface area contributed by atoms with Crippen molar-refractivity contribution in [3.05, 3.63) is 24.0 Å². The van der Waals surface area contributed by atoms with Crippen molar-refractivity contribution in [2.24, 2.45) is 11.8 Å². The normalized spacial score (nSPS) is 31.4. The first-order chi connectivity index (χ1) is 12.8. The molecule has 9 heteroatoms. The monoisotopic (exact) mass is 394 g/mol. The van der Waals surface area contributed by atoms with Crippen LogP contribution in [0.3, 0.4) is 0 Å². The van der Waals surface area contributed by atoms with E-state index >= 15 is 0 Å². The van der Waals surface area contributed by atoms with Crippen molar-refractivity contribution >= 4 is 21.8 Å². The molecule has 3 aliphatic rings. The fraction of sp³-hybridized carbons (Fsp3) is 0.667. The molecule has 2 bridgehead atoms. The zero-order chi connectivity index (χ0) is 19.2. The van der Waals surface area contributed by atoms with Crippen molar-refractivity contribution in [3.8, 4) is 0 Å². The van der Waals surface area contributed by atoms with Gasteiger partial charge in [0, 0.05) is 38.3 Å². The van der Waals surface area contributed by atoms with E-state index in [1.165, 1.54) is 6.26 Å². The molecular formula is C18H26N4O4S. The molecule has 2 amide bonds. The van der Waals surface area contributed by atoms with Crippen LogP contribution in [0.4, 0.5) is 0 Å². The Morgan fingerprint density at radius 3 is 2.81 bits per heavy atom. The number of aromatic amines is 1. The topological polar surface area (TPSA) is 103 Å². The van der Waals surface area contributed by atoms with Gasteiger partial charge in [0.1, 0.15) is 5.69 Å². The first-order valence-electron chi connectivity index (χ1n) is 9.52. The first-order valence-corrected chi connectivity index (χ1v) is 11.4. The maximum atomic E-state index is 12.7. The molecule has 0 radical (unpaired) electrons. The Hall–Kier alpha value is -1.87. The molecule has 0 aliphatic carbocycles. The van der Waals surface area contributed by atoms with Gasteiger partial charge in [-0.25, -0.2) is 12.7 Å². The molecule has 4 rings (SSSR count). The number of hydrogen-bond acceptors (Lipinski definition) is 4. The van der Waals surface area contributed by atoms with Gasteiger partial charge in [-0.05, 0) is 43.2 Å². The minimum atomic E-state index is -3.27. The van der Waals surface area contributed by atoms with Gasteiger partial charge in [0.05, 0.1) is 12.3 Å². The van der Waals surface area contributed by atoms with Crippen LogP contribution in [0.1, 0.15) is 36.2 Å². The number of hydrogen-bond donors (Lipinski definition) is 2. The fourth-order valence-corrected chi connectivity index (χ4v) is 5.95. The molecule has 27 heavy (non-hydrogen) atoms. The van der Waals surface area contributed by atoms with Crippen LogP contribution in [0.25, 0.3) is 0 Å². The van der Waals surface area contributed by atoms with E-state index in [0.29, 0.717) is 31.7 Å². The third-order valence-electron chi connectivity index (χ3n) is 6.25. The van der Waals surface area contributed by atoms with Crippen LogP contribution in [-0.2, 0) is 14.8 Å². The average Bonchev–Trinajstić information content (AvgIpc) is 3.16. The first kappa shape index (κ1) is 18.5. The number of carbonyl (C=O) groups excluding carboxylic acids is 2. The number of rotatable bonds is 4. The van der Waals surface area contributed by atoms with E-state index < -0.39 is 10.0 Å². The van der Waals surface area contributed by atoms with Gasteiger partial charge in [0.2, 0.25) is 15.9 Å². The Morgan fingerprint density at radius 1 is 1.33 bits per heavy atom. The third-order valence-corrected chi connectivity index (χ3v) is 7.48. The van der Waals surface area contributed by atoms with Crippen LogP contribution in [0, 0.1) is 11.8 Å². The molecule has 2 N–H and O–H groups in total. The smallest absolute Gasteiger partial charge is 0.267 e. The number of aromatic nitrogens is 1. The minimum Gasteiger partial charge on any atom is -0.357 e. The van der Waals surface area contributed by atoms with Gasteiger partial charge in [0.25, 0.3) is 5.91 Å². The second-order valence-corrected chi connectivity index (χ2v) is 9.94. The summed E-state index contributed by atoms with van der Waals surface area (Å²) in [7, 11) is -3.27. The highest BCUT2D eigenvalue weighted by atomic mass is 32.2. The predicted octanol–water partition coefficient (Wildman–Crippen LogP) is 0.406. The van der Waals surface area contributed by atoms with E-state index in [1.807, 2.05) is 4.90 Å². The lowest BCUT2D eigenvalue weighted by atomic mass is 9.72. The Balaban J connectivity index is 1.56. The second kappa shape index (κ2) is 6.94. The van der Waals surface area contributed by atoms with Crippen LogP contribution in [0.5, 0.6) is 0 Å². The van der Waals surface area contributed by atoms with E-state index in [4.69, 9.17) is 0 Å². The van der Waals surface area contributed by atoms with Crippen molar-refractivity contribution in [2.45, 2.75) is 37.8 Å². The van der Waals surface area contributed by atoms with Gasteiger partial charge >= 0.3 is 0 Å². The molecule has 8 nitrogen and oxygen atoms in total. The molecular weight excluding hydrogens is 368 g/mol. The molecule has 1 aromatic heterocycles. The lowest BCUT2D eigenvalue weighted by Crippen LogP contribution is -2.67. The van der Waals surface area contributed by atoms with Gasteiger partial charge in [-0.2, -0.15) is 0 Å². The molecule has 3 fully saturated rings. The van der Waals surface area contributed by atoms with Crippen LogP contribution in [0.15, 0.2) is 18.3 Å². The summed E-state index contributed by atoms with van der Waals surface area (Å²) in [4.78, 5) is 29.9. The second-order valence-electron chi connectivity index (χ2n) is 7.96. The SMILES string of the molecule is CS(=O)(=O)N1C[C@H]2C[C@@H](C1)[C@H](CNC(=O)c1ccc[nH]1)N1C(=O)CCC[C@@H]21. The number of H-pyrrole nitrogens is 1. The maximum Gasteiger partial charge on any atom is 0.267 e. The molecule has 3 saturated heterocycles. The Bertz CT molecular complexity index is 822. The van der Waals surface area contributed by atoms with E-state index in [-0.39, 0.29) is 35.7 Å². The van der Waals surface area contributed by atoms with Gasteiger partial charge in [-0.15, -0.1) is 0 Å². The Labute approximate surface area is 159 Å². The molecule has 4 atom stereocenters. The van der Waals surface area contributed by atoms with E-state index in [2.05, 4.69) is 10.3 Å². The molecule has 0 saturated carbocycles. The summed E-state index contributed by atoms with van der Waals surface area (Å²) in [5.74, 6) is 0.144. The van der Waals surface area contributed by atoms with Gasteiger partial charge < -0.3 is 15.2 Å². The van der Waals surface area contributed by atoms with Crippen LogP contribution >= 0.6 is 0 Å². The maximum absolute atomic E-state index is 12.7. The predicted molar refractivity (Wildman–Crippen MR) is 99.4 cm³/mol.